The molecule has 0 fully saturated rings. The predicted molar refractivity (Wildman–Crippen MR) is 113 cm³/mol. The summed E-state index contributed by atoms with van der Waals surface area (Å²) in [5.41, 5.74) is 1.91. The summed E-state index contributed by atoms with van der Waals surface area (Å²) in [7, 11) is 0. The SMILES string of the molecule is CCNC(=NCCc1ccc2c(c1)OCO2)NCCNC(=O)Cc1ccc(F)cc1. The summed E-state index contributed by atoms with van der Waals surface area (Å²) in [6.07, 6.45) is 1.01. The average Bonchev–Trinajstić information content (AvgIpc) is 3.21. The normalized spacial score (nSPS) is 12.5. The second-order valence-corrected chi connectivity index (χ2v) is 6.78. The summed E-state index contributed by atoms with van der Waals surface area (Å²) in [6, 6.07) is 11.8. The predicted octanol–water partition coefficient (Wildman–Crippen LogP) is 2.01. The highest BCUT2D eigenvalue weighted by molar-refractivity contribution is 5.80. The van der Waals surface area contributed by atoms with Crippen LogP contribution in [0.3, 0.4) is 0 Å². The first-order valence-electron chi connectivity index (χ1n) is 10.1. The minimum Gasteiger partial charge on any atom is -0.454 e. The molecule has 0 saturated heterocycles. The molecule has 1 aliphatic heterocycles. The van der Waals surface area contributed by atoms with Crippen LogP contribution < -0.4 is 25.4 Å². The zero-order valence-corrected chi connectivity index (χ0v) is 17.0. The highest BCUT2D eigenvalue weighted by Crippen LogP contribution is 2.32. The molecule has 1 aliphatic rings. The molecule has 0 aliphatic carbocycles. The first-order valence-corrected chi connectivity index (χ1v) is 10.1. The molecular formula is C22H27FN4O3. The average molecular weight is 414 g/mol. The quantitative estimate of drug-likeness (QED) is 0.332. The van der Waals surface area contributed by atoms with Crippen molar-refractivity contribution in [2.45, 2.75) is 19.8 Å². The zero-order chi connectivity index (χ0) is 21.2. The fourth-order valence-corrected chi connectivity index (χ4v) is 2.97. The van der Waals surface area contributed by atoms with Gasteiger partial charge in [-0.05, 0) is 48.7 Å². The van der Waals surface area contributed by atoms with E-state index in [0.29, 0.717) is 25.6 Å². The molecule has 1 heterocycles. The van der Waals surface area contributed by atoms with Crippen molar-refractivity contribution in [2.24, 2.45) is 4.99 Å². The number of hydrogen-bond donors (Lipinski definition) is 3. The van der Waals surface area contributed by atoms with Crippen molar-refractivity contribution in [3.05, 3.63) is 59.4 Å². The van der Waals surface area contributed by atoms with E-state index in [1.165, 1.54) is 12.1 Å². The molecule has 7 nitrogen and oxygen atoms in total. The van der Waals surface area contributed by atoms with Gasteiger partial charge in [-0.1, -0.05) is 18.2 Å². The Bertz CT molecular complexity index is 871. The van der Waals surface area contributed by atoms with Crippen molar-refractivity contribution in [3.8, 4) is 11.5 Å². The van der Waals surface area contributed by atoms with Gasteiger partial charge in [-0.2, -0.15) is 0 Å². The molecule has 0 atom stereocenters. The third-order valence-corrected chi connectivity index (χ3v) is 4.47. The summed E-state index contributed by atoms with van der Waals surface area (Å²) in [5, 5.41) is 9.24. The van der Waals surface area contributed by atoms with Gasteiger partial charge in [-0.25, -0.2) is 4.39 Å². The monoisotopic (exact) mass is 414 g/mol. The topological polar surface area (TPSA) is 84.0 Å². The smallest absolute Gasteiger partial charge is 0.231 e. The number of carbonyl (C=O) groups is 1. The van der Waals surface area contributed by atoms with E-state index < -0.39 is 0 Å². The molecule has 3 rings (SSSR count). The van der Waals surface area contributed by atoms with Crippen molar-refractivity contribution in [3.63, 3.8) is 0 Å². The lowest BCUT2D eigenvalue weighted by Gasteiger charge is -2.12. The Morgan fingerprint density at radius 3 is 2.53 bits per heavy atom. The van der Waals surface area contributed by atoms with Crippen LogP contribution in [0.15, 0.2) is 47.5 Å². The summed E-state index contributed by atoms with van der Waals surface area (Å²) in [6.45, 7) is 4.64. The Kier molecular flexibility index (Phi) is 7.88. The number of ether oxygens (including phenoxy) is 2. The highest BCUT2D eigenvalue weighted by Gasteiger charge is 2.12. The van der Waals surface area contributed by atoms with Crippen LogP contribution in [0.5, 0.6) is 11.5 Å². The second kappa shape index (κ2) is 11.0. The molecule has 0 spiro atoms. The maximum absolute atomic E-state index is 12.9. The third-order valence-electron chi connectivity index (χ3n) is 4.47. The van der Waals surface area contributed by atoms with Crippen LogP contribution in [-0.4, -0.2) is 44.8 Å². The Balaban J connectivity index is 1.38. The molecule has 30 heavy (non-hydrogen) atoms. The van der Waals surface area contributed by atoms with E-state index in [2.05, 4.69) is 20.9 Å². The van der Waals surface area contributed by atoms with Crippen LogP contribution in [0.25, 0.3) is 0 Å². The van der Waals surface area contributed by atoms with E-state index in [1.807, 2.05) is 25.1 Å². The number of amides is 1. The lowest BCUT2D eigenvalue weighted by molar-refractivity contribution is -0.120. The lowest BCUT2D eigenvalue weighted by atomic mass is 10.1. The minimum atomic E-state index is -0.308. The van der Waals surface area contributed by atoms with Crippen molar-refractivity contribution in [1.29, 1.82) is 0 Å². The van der Waals surface area contributed by atoms with Gasteiger partial charge in [-0.15, -0.1) is 0 Å². The number of hydrogen-bond acceptors (Lipinski definition) is 4. The summed E-state index contributed by atoms with van der Waals surface area (Å²) in [5.74, 6) is 1.84. The van der Waals surface area contributed by atoms with Gasteiger partial charge in [0.1, 0.15) is 5.82 Å². The number of nitrogens with zero attached hydrogens (tertiary/aromatic N) is 1. The van der Waals surface area contributed by atoms with Crippen molar-refractivity contribution in [2.75, 3.05) is 33.0 Å². The molecule has 8 heteroatoms. The molecule has 2 aromatic rings. The Morgan fingerprint density at radius 1 is 1.00 bits per heavy atom. The Hall–Kier alpha value is -3.29. The molecule has 0 unspecified atom stereocenters. The molecule has 160 valence electrons. The third kappa shape index (κ3) is 6.65. The maximum atomic E-state index is 12.9. The van der Waals surface area contributed by atoms with Gasteiger partial charge in [0.2, 0.25) is 12.7 Å². The standard InChI is InChI=1S/C22H27FN4O3/c1-2-24-22(26-10-9-17-5-8-19-20(13-17)30-15-29-19)27-12-11-25-21(28)14-16-3-6-18(23)7-4-16/h3-8,13H,2,9-12,14-15H2,1H3,(H,25,28)(H2,24,26,27). The number of rotatable bonds is 9. The van der Waals surface area contributed by atoms with Gasteiger partial charge in [0.05, 0.1) is 6.42 Å². The fraction of sp³-hybridized carbons (Fsp3) is 0.364. The van der Waals surface area contributed by atoms with Crippen LogP contribution in [0.1, 0.15) is 18.1 Å². The number of aliphatic imine (C=N–C) groups is 1. The maximum Gasteiger partial charge on any atom is 0.231 e. The van der Waals surface area contributed by atoms with Crippen molar-refractivity contribution < 1.29 is 18.7 Å². The van der Waals surface area contributed by atoms with Gasteiger partial charge in [0.15, 0.2) is 17.5 Å². The second-order valence-electron chi connectivity index (χ2n) is 6.78. The van der Waals surface area contributed by atoms with Crippen LogP contribution in [0, 0.1) is 5.82 Å². The molecular weight excluding hydrogens is 387 g/mol. The van der Waals surface area contributed by atoms with Crippen molar-refractivity contribution >= 4 is 11.9 Å². The van der Waals surface area contributed by atoms with E-state index in [4.69, 9.17) is 9.47 Å². The Morgan fingerprint density at radius 2 is 1.73 bits per heavy atom. The fourth-order valence-electron chi connectivity index (χ4n) is 2.97. The molecule has 1 amide bonds. The summed E-state index contributed by atoms with van der Waals surface area (Å²) >= 11 is 0. The number of nitrogens with one attached hydrogen (secondary N) is 3. The zero-order valence-electron chi connectivity index (χ0n) is 17.0. The van der Waals surface area contributed by atoms with Gasteiger partial charge < -0.3 is 25.4 Å². The number of guanidine groups is 1. The molecule has 2 aromatic carbocycles. The molecule has 0 bridgehead atoms. The number of halogens is 1. The van der Waals surface area contributed by atoms with Gasteiger partial charge >= 0.3 is 0 Å². The first-order chi connectivity index (χ1) is 14.6. The Labute approximate surface area is 175 Å². The van der Waals surface area contributed by atoms with Crippen LogP contribution >= 0.6 is 0 Å². The lowest BCUT2D eigenvalue weighted by Crippen LogP contribution is -2.41. The van der Waals surface area contributed by atoms with E-state index >= 15 is 0 Å². The molecule has 0 radical (unpaired) electrons. The largest absolute Gasteiger partial charge is 0.454 e. The number of fused-ring (bicyclic) bond motifs is 1. The minimum absolute atomic E-state index is 0.104. The number of carbonyl (C=O) groups excluding carboxylic acids is 1. The molecule has 0 saturated carbocycles. The van der Waals surface area contributed by atoms with Crippen LogP contribution in [-0.2, 0) is 17.6 Å². The van der Waals surface area contributed by atoms with Gasteiger partial charge in [-0.3, -0.25) is 9.79 Å². The molecule has 0 aromatic heterocycles. The summed E-state index contributed by atoms with van der Waals surface area (Å²) in [4.78, 5) is 16.5. The highest BCUT2D eigenvalue weighted by atomic mass is 19.1. The van der Waals surface area contributed by atoms with Gasteiger partial charge in [0, 0.05) is 26.2 Å². The number of benzene rings is 2. The van der Waals surface area contributed by atoms with E-state index in [9.17, 15) is 9.18 Å². The van der Waals surface area contributed by atoms with Crippen LogP contribution in [0.2, 0.25) is 0 Å². The van der Waals surface area contributed by atoms with E-state index in [0.717, 1.165) is 35.6 Å². The van der Waals surface area contributed by atoms with Crippen LogP contribution in [0.4, 0.5) is 4.39 Å². The molecule has 3 N–H and O–H groups in total. The first kappa shape index (κ1) is 21.4. The van der Waals surface area contributed by atoms with Gasteiger partial charge in [0.25, 0.3) is 0 Å². The van der Waals surface area contributed by atoms with Crippen molar-refractivity contribution in [1.82, 2.24) is 16.0 Å². The van der Waals surface area contributed by atoms with E-state index in [-0.39, 0.29) is 24.9 Å². The van der Waals surface area contributed by atoms with E-state index in [1.54, 1.807) is 12.1 Å². The summed E-state index contributed by atoms with van der Waals surface area (Å²) < 4.78 is 23.6.